The first-order chi connectivity index (χ1) is 26.3. The highest BCUT2D eigenvalue weighted by Crippen LogP contribution is 2.44. The van der Waals surface area contributed by atoms with E-state index in [2.05, 4.69) is 9.97 Å². The quantitative estimate of drug-likeness (QED) is 0.0518. The summed E-state index contributed by atoms with van der Waals surface area (Å²) in [7, 11) is 0. The van der Waals surface area contributed by atoms with E-state index in [4.69, 9.17) is 26.6 Å². The van der Waals surface area contributed by atoms with Gasteiger partial charge >= 0.3 is 34.2 Å². The molecule has 4 aromatic rings. The standard InChI is InChI=1S/C27H27N13O14S2/c1-13-21(55-25(28)31-13)5-3-7-33(8-4-6-22-14(2)32-26(29)56-22)27(30)40(53-23-17(36(45)46)9-15(34(41)42)10-18(23)37(47)48)54-24-19(38(49)50)11-16(35(43)44)12-20(24)39(51)52/h9-12,30H,3-8H2,1-2H3,(H2,28,31)(H2,29,32). The van der Waals surface area contributed by atoms with E-state index >= 15 is 0 Å². The summed E-state index contributed by atoms with van der Waals surface area (Å²) >= 11 is 2.39. The third-order valence-corrected chi connectivity index (χ3v) is 9.67. The lowest BCUT2D eigenvalue weighted by Gasteiger charge is -2.30. The number of guanidine groups is 1. The molecule has 0 saturated carbocycles. The van der Waals surface area contributed by atoms with Gasteiger partial charge in [0, 0.05) is 28.1 Å². The average Bonchev–Trinajstić information content (AvgIpc) is 3.62. The number of nitrogen functional groups attached to an aromatic ring is 2. The van der Waals surface area contributed by atoms with Crippen molar-refractivity contribution >= 4 is 73.0 Å². The van der Waals surface area contributed by atoms with Gasteiger partial charge in [0.15, 0.2) is 10.3 Å². The fourth-order valence-electron chi connectivity index (χ4n) is 5.04. The van der Waals surface area contributed by atoms with Crippen molar-refractivity contribution in [2.45, 2.75) is 39.5 Å². The van der Waals surface area contributed by atoms with Gasteiger partial charge in [-0.3, -0.25) is 66.1 Å². The molecule has 0 aliphatic rings. The van der Waals surface area contributed by atoms with E-state index in [9.17, 15) is 60.7 Å². The highest BCUT2D eigenvalue weighted by atomic mass is 32.1. The number of hydroxylamine groups is 2. The molecular weight excluding hydrogens is 795 g/mol. The summed E-state index contributed by atoms with van der Waals surface area (Å²) in [6.07, 6.45) is 1.10. The Balaban J connectivity index is 1.89. The maximum absolute atomic E-state index is 12.1. The number of nitro groups is 6. The topological polar surface area (TPSA) is 385 Å². The lowest BCUT2D eigenvalue weighted by atomic mass is 10.2. The zero-order valence-corrected chi connectivity index (χ0v) is 30.3. The fourth-order valence-corrected chi connectivity index (χ4v) is 6.79. The van der Waals surface area contributed by atoms with Crippen LogP contribution in [0.3, 0.4) is 0 Å². The molecule has 29 heteroatoms. The van der Waals surface area contributed by atoms with Crippen LogP contribution in [-0.2, 0) is 12.8 Å². The Bertz CT molecular complexity index is 2050. The smallest absolute Gasteiger partial charge is 0.328 e. The Morgan fingerprint density at radius 1 is 0.643 bits per heavy atom. The number of benzene rings is 2. The number of aryl methyl sites for hydroxylation is 4. The van der Waals surface area contributed by atoms with Crippen LogP contribution in [0.4, 0.5) is 44.4 Å². The normalized spacial score (nSPS) is 10.8. The minimum Gasteiger partial charge on any atom is -0.375 e. The van der Waals surface area contributed by atoms with E-state index in [1.165, 1.54) is 27.6 Å². The zero-order chi connectivity index (χ0) is 41.6. The molecule has 0 bridgehead atoms. The van der Waals surface area contributed by atoms with E-state index in [-0.39, 0.29) is 65.7 Å². The second-order valence-corrected chi connectivity index (χ2v) is 13.5. The molecule has 2 heterocycles. The maximum atomic E-state index is 12.1. The molecule has 27 nitrogen and oxygen atoms in total. The highest BCUT2D eigenvalue weighted by Gasteiger charge is 2.40. The number of aromatic nitrogens is 2. The summed E-state index contributed by atoms with van der Waals surface area (Å²) in [6.45, 7) is 3.22. The van der Waals surface area contributed by atoms with Gasteiger partial charge in [-0.05, 0) is 39.5 Å². The molecule has 56 heavy (non-hydrogen) atoms. The molecule has 0 spiro atoms. The molecule has 296 valence electrons. The summed E-state index contributed by atoms with van der Waals surface area (Å²) in [4.78, 5) is 85.7. The number of rotatable bonds is 18. The summed E-state index contributed by atoms with van der Waals surface area (Å²) in [6, 6.07) is 1.13. The molecule has 5 N–H and O–H groups in total. The number of hydrogen-bond acceptors (Lipinski definition) is 21. The lowest BCUT2D eigenvalue weighted by Crippen LogP contribution is -2.48. The van der Waals surface area contributed by atoms with Crippen molar-refractivity contribution in [3.63, 3.8) is 0 Å². The molecule has 0 atom stereocenters. The van der Waals surface area contributed by atoms with Crippen LogP contribution in [0.5, 0.6) is 11.5 Å². The molecule has 0 aliphatic heterocycles. The minimum atomic E-state index is -1.41. The zero-order valence-electron chi connectivity index (χ0n) is 28.7. The second-order valence-electron chi connectivity index (χ2n) is 11.2. The Morgan fingerprint density at radius 2 is 0.964 bits per heavy atom. The molecular formula is C27H27N13O14S2. The van der Waals surface area contributed by atoms with E-state index < -0.39 is 81.1 Å². The van der Waals surface area contributed by atoms with Gasteiger partial charge in [0.1, 0.15) is 0 Å². The van der Waals surface area contributed by atoms with Crippen molar-refractivity contribution in [3.8, 4) is 11.5 Å². The molecule has 0 fully saturated rings. The van der Waals surface area contributed by atoms with Gasteiger partial charge in [-0.25, -0.2) is 9.97 Å². The van der Waals surface area contributed by atoms with Gasteiger partial charge in [-0.2, -0.15) is 0 Å². The van der Waals surface area contributed by atoms with Crippen LogP contribution in [-0.4, -0.2) is 68.7 Å². The van der Waals surface area contributed by atoms with Crippen LogP contribution in [0.15, 0.2) is 24.3 Å². The minimum absolute atomic E-state index is 0.0992. The fraction of sp³-hybridized carbons (Fsp3) is 0.296. The predicted molar refractivity (Wildman–Crippen MR) is 194 cm³/mol. The number of anilines is 2. The Morgan fingerprint density at radius 3 is 1.21 bits per heavy atom. The van der Waals surface area contributed by atoms with Crippen LogP contribution in [0.2, 0.25) is 0 Å². The monoisotopic (exact) mass is 821 g/mol. The van der Waals surface area contributed by atoms with Crippen LogP contribution in [0.25, 0.3) is 0 Å². The number of thiazole rings is 2. The van der Waals surface area contributed by atoms with Gasteiger partial charge in [0.25, 0.3) is 17.3 Å². The van der Waals surface area contributed by atoms with Crippen molar-refractivity contribution in [3.05, 3.63) is 106 Å². The molecule has 4 rings (SSSR count). The third kappa shape index (κ3) is 9.56. The number of non-ortho nitro benzene ring substituents is 2. The van der Waals surface area contributed by atoms with Crippen molar-refractivity contribution in [1.29, 1.82) is 5.41 Å². The van der Waals surface area contributed by atoms with Gasteiger partial charge in [-0.1, -0.05) is 0 Å². The van der Waals surface area contributed by atoms with Crippen LogP contribution in [0.1, 0.15) is 34.0 Å². The van der Waals surface area contributed by atoms with E-state index in [1.54, 1.807) is 13.8 Å². The van der Waals surface area contributed by atoms with Crippen LogP contribution >= 0.6 is 22.7 Å². The first kappa shape index (κ1) is 41.3. The summed E-state index contributed by atoms with van der Waals surface area (Å²) in [5.41, 5.74) is 4.96. The molecule has 0 radical (unpaired) electrons. The Kier molecular flexibility index (Phi) is 12.7. The lowest BCUT2D eigenvalue weighted by molar-refractivity contribution is -0.409. The van der Waals surface area contributed by atoms with E-state index in [0.29, 0.717) is 24.2 Å². The third-order valence-electron chi connectivity index (χ3n) is 7.58. The number of nitrogens with two attached hydrogens (primary N) is 2. The Labute approximate surface area is 319 Å². The summed E-state index contributed by atoms with van der Waals surface area (Å²) in [5, 5.41) is 81.0. The van der Waals surface area contributed by atoms with Gasteiger partial charge in [0.2, 0.25) is 0 Å². The number of nitro benzene ring substituents is 6. The molecule has 0 unspecified atom stereocenters. The average molecular weight is 822 g/mol. The largest absolute Gasteiger partial charge is 0.375 e. The van der Waals surface area contributed by atoms with Crippen molar-refractivity contribution in [2.75, 3.05) is 24.6 Å². The van der Waals surface area contributed by atoms with Gasteiger partial charge in [0.05, 0.1) is 65.2 Å². The van der Waals surface area contributed by atoms with Crippen LogP contribution < -0.4 is 21.1 Å². The van der Waals surface area contributed by atoms with Gasteiger partial charge < -0.3 is 26.0 Å². The van der Waals surface area contributed by atoms with Crippen LogP contribution in [0, 0.1) is 79.9 Å². The second kappa shape index (κ2) is 17.1. The molecule has 2 aromatic heterocycles. The predicted octanol–water partition coefficient (Wildman–Crippen LogP) is 4.92. The maximum Gasteiger partial charge on any atom is 0.328 e. The van der Waals surface area contributed by atoms with Crippen molar-refractivity contribution < 1.29 is 39.2 Å². The highest BCUT2D eigenvalue weighted by molar-refractivity contribution is 7.15. The van der Waals surface area contributed by atoms with E-state index in [1.807, 2.05) is 0 Å². The molecule has 0 amide bonds. The summed E-state index contributed by atoms with van der Waals surface area (Å²) < 4.78 is 0. The van der Waals surface area contributed by atoms with Crippen molar-refractivity contribution in [2.24, 2.45) is 0 Å². The number of hydrogen-bond donors (Lipinski definition) is 3. The number of nitrogens with zero attached hydrogens (tertiary/aromatic N) is 10. The SMILES string of the molecule is Cc1nc(N)sc1CCCN(CCCc1sc(N)nc1C)C(=N)N(Oc1c([N+](=O)[O-])cc([N+](=O)[O-])cc1[N+](=O)[O-])Oc1c([N+](=O)[O-])cc([N+](=O)[O-])cc1[N+](=O)[O-]. The molecule has 0 aliphatic carbocycles. The number of nitrogens with one attached hydrogen (secondary N) is 1. The molecule has 0 saturated heterocycles. The first-order valence-electron chi connectivity index (χ1n) is 15.4. The Hall–Kier alpha value is -7.43. The summed E-state index contributed by atoms with van der Waals surface area (Å²) in [5.74, 6) is -3.79. The molecule has 2 aromatic carbocycles. The van der Waals surface area contributed by atoms with Gasteiger partial charge in [-0.15, -0.1) is 22.7 Å². The first-order valence-corrected chi connectivity index (χ1v) is 17.1. The van der Waals surface area contributed by atoms with E-state index in [0.717, 1.165) is 9.75 Å². The van der Waals surface area contributed by atoms with Crippen molar-refractivity contribution in [1.82, 2.24) is 20.1 Å².